The number of aliphatic imine (C=N–C) groups is 1. The number of carbonyl (C=O) groups is 1. The molecule has 0 aliphatic rings. The lowest BCUT2D eigenvalue weighted by Crippen LogP contribution is -2.36. The van der Waals surface area contributed by atoms with Crippen LogP contribution in [-0.4, -0.2) is 30.5 Å². The monoisotopic (exact) mass is 260 g/mol. The van der Waals surface area contributed by atoms with E-state index in [1.54, 1.807) is 6.07 Å². The van der Waals surface area contributed by atoms with Crippen molar-refractivity contribution >= 4 is 22.8 Å². The predicted octanol–water partition coefficient (Wildman–Crippen LogP) is 1.24. The Morgan fingerprint density at radius 3 is 2.95 bits per heavy atom. The van der Waals surface area contributed by atoms with Gasteiger partial charge in [-0.2, -0.15) is 0 Å². The summed E-state index contributed by atoms with van der Waals surface area (Å²) in [6.45, 7) is 2.53. The Bertz CT molecular complexity index is 631. The van der Waals surface area contributed by atoms with Crippen LogP contribution in [0.25, 0.3) is 10.9 Å². The number of rotatable bonds is 3. The lowest BCUT2D eigenvalue weighted by molar-refractivity contribution is 0.0972. The highest BCUT2D eigenvalue weighted by Crippen LogP contribution is 2.21. The first-order valence-corrected chi connectivity index (χ1v) is 5.93. The van der Waals surface area contributed by atoms with E-state index < -0.39 is 0 Å². The molecule has 6 heteroatoms. The van der Waals surface area contributed by atoms with Gasteiger partial charge in [-0.15, -0.1) is 0 Å². The Labute approximate surface area is 110 Å². The van der Waals surface area contributed by atoms with Crippen LogP contribution >= 0.6 is 0 Å². The van der Waals surface area contributed by atoms with E-state index in [2.05, 4.69) is 15.3 Å². The van der Waals surface area contributed by atoms with Crippen LogP contribution in [0, 0.1) is 0 Å². The number of nitrogens with two attached hydrogens (primary N) is 1. The van der Waals surface area contributed by atoms with Gasteiger partial charge in [-0.3, -0.25) is 15.1 Å². The Morgan fingerprint density at radius 1 is 1.47 bits per heavy atom. The number of H-pyrrole nitrogens is 1. The van der Waals surface area contributed by atoms with E-state index in [9.17, 15) is 4.79 Å². The molecule has 19 heavy (non-hydrogen) atoms. The van der Waals surface area contributed by atoms with Crippen LogP contribution < -0.4 is 15.8 Å². The molecule has 0 atom stereocenters. The molecule has 0 bridgehead atoms. The molecule has 0 unspecified atom stereocenters. The number of amides is 1. The highest BCUT2D eigenvalue weighted by Gasteiger charge is 2.10. The van der Waals surface area contributed by atoms with Crippen LogP contribution in [-0.2, 0) is 0 Å². The zero-order valence-corrected chi connectivity index (χ0v) is 10.9. The van der Waals surface area contributed by atoms with Crippen molar-refractivity contribution in [3.63, 3.8) is 0 Å². The first-order chi connectivity index (χ1) is 9.13. The van der Waals surface area contributed by atoms with Gasteiger partial charge in [0.2, 0.25) is 0 Å². The van der Waals surface area contributed by atoms with Gasteiger partial charge in [0.05, 0.1) is 6.61 Å². The van der Waals surface area contributed by atoms with Gasteiger partial charge >= 0.3 is 0 Å². The average Bonchev–Trinajstić information content (AvgIpc) is 2.82. The molecular formula is C13H16N4O2. The van der Waals surface area contributed by atoms with Crippen molar-refractivity contribution in [2.24, 2.45) is 10.7 Å². The summed E-state index contributed by atoms with van der Waals surface area (Å²) in [6.07, 6.45) is 0. The number of guanidine groups is 1. The number of hydrogen-bond donors (Lipinski definition) is 3. The minimum Gasteiger partial charge on any atom is -0.494 e. The van der Waals surface area contributed by atoms with Crippen molar-refractivity contribution < 1.29 is 9.53 Å². The number of hydrogen-bond acceptors (Lipinski definition) is 3. The van der Waals surface area contributed by atoms with E-state index in [0.29, 0.717) is 12.3 Å². The molecule has 4 N–H and O–H groups in total. The highest BCUT2D eigenvalue weighted by atomic mass is 16.5. The molecule has 2 aromatic rings. The quantitative estimate of drug-likeness (QED) is 0.572. The molecule has 0 aliphatic carbocycles. The summed E-state index contributed by atoms with van der Waals surface area (Å²) >= 11 is 0. The van der Waals surface area contributed by atoms with Crippen LogP contribution in [0.4, 0.5) is 0 Å². The minimum absolute atomic E-state index is 0.0821. The van der Waals surface area contributed by atoms with Gasteiger partial charge in [0.15, 0.2) is 5.96 Å². The Hall–Kier alpha value is -2.50. The Kier molecular flexibility index (Phi) is 3.70. The van der Waals surface area contributed by atoms with E-state index in [1.165, 1.54) is 7.05 Å². The fourth-order valence-electron chi connectivity index (χ4n) is 1.73. The SMILES string of the molecule is CCOc1ccc2[nH]c(C(=O)NC(N)=NC)cc2c1. The van der Waals surface area contributed by atoms with Crippen LogP contribution in [0.1, 0.15) is 17.4 Å². The maximum atomic E-state index is 11.9. The third-order valence-electron chi connectivity index (χ3n) is 2.63. The van der Waals surface area contributed by atoms with Crippen LogP contribution in [0.5, 0.6) is 5.75 Å². The summed E-state index contributed by atoms with van der Waals surface area (Å²) in [5.41, 5.74) is 6.74. The molecule has 1 heterocycles. The number of fused-ring (bicyclic) bond motifs is 1. The third-order valence-corrected chi connectivity index (χ3v) is 2.63. The van der Waals surface area contributed by atoms with E-state index in [4.69, 9.17) is 10.5 Å². The molecule has 1 aromatic carbocycles. The van der Waals surface area contributed by atoms with Crippen LogP contribution in [0.15, 0.2) is 29.3 Å². The maximum absolute atomic E-state index is 11.9. The second kappa shape index (κ2) is 5.43. The molecule has 0 aliphatic heterocycles. The predicted molar refractivity (Wildman–Crippen MR) is 74.5 cm³/mol. The largest absolute Gasteiger partial charge is 0.494 e. The molecule has 6 nitrogen and oxygen atoms in total. The van der Waals surface area contributed by atoms with Gasteiger partial charge in [0.1, 0.15) is 11.4 Å². The van der Waals surface area contributed by atoms with Crippen molar-refractivity contribution in [3.8, 4) is 5.75 Å². The summed E-state index contributed by atoms with van der Waals surface area (Å²) in [4.78, 5) is 18.6. The number of nitrogens with one attached hydrogen (secondary N) is 2. The maximum Gasteiger partial charge on any atom is 0.274 e. The normalized spacial score (nSPS) is 11.6. The molecule has 0 saturated heterocycles. The van der Waals surface area contributed by atoms with Gasteiger partial charge in [-0.05, 0) is 31.2 Å². The standard InChI is InChI=1S/C13H16N4O2/c1-3-19-9-4-5-10-8(6-9)7-11(16-10)12(18)17-13(14)15-2/h4-7,16H,3H2,1-2H3,(H3,14,15,17,18). The molecule has 1 aromatic heterocycles. The van der Waals surface area contributed by atoms with Crippen molar-refractivity contribution in [1.29, 1.82) is 0 Å². The molecule has 0 saturated carbocycles. The lowest BCUT2D eigenvalue weighted by Gasteiger charge is -2.01. The summed E-state index contributed by atoms with van der Waals surface area (Å²) < 4.78 is 5.41. The molecular weight excluding hydrogens is 244 g/mol. The summed E-state index contributed by atoms with van der Waals surface area (Å²) in [5.74, 6) is 0.534. The average molecular weight is 260 g/mol. The van der Waals surface area contributed by atoms with Gasteiger partial charge in [-0.25, -0.2) is 0 Å². The van der Waals surface area contributed by atoms with E-state index in [1.807, 2.05) is 25.1 Å². The summed E-state index contributed by atoms with van der Waals surface area (Å²) in [7, 11) is 1.51. The van der Waals surface area contributed by atoms with Gasteiger partial charge < -0.3 is 15.5 Å². The number of benzene rings is 1. The number of aromatic nitrogens is 1. The van der Waals surface area contributed by atoms with Crippen molar-refractivity contribution in [1.82, 2.24) is 10.3 Å². The lowest BCUT2D eigenvalue weighted by atomic mass is 10.2. The summed E-state index contributed by atoms with van der Waals surface area (Å²) in [6, 6.07) is 7.35. The molecule has 1 amide bonds. The molecule has 0 fully saturated rings. The topological polar surface area (TPSA) is 92.5 Å². The number of nitrogens with zero attached hydrogens (tertiary/aromatic N) is 1. The second-order valence-electron chi connectivity index (χ2n) is 3.93. The van der Waals surface area contributed by atoms with E-state index in [-0.39, 0.29) is 11.9 Å². The first-order valence-electron chi connectivity index (χ1n) is 5.93. The molecule has 2 rings (SSSR count). The number of aromatic amines is 1. The number of carbonyl (C=O) groups excluding carboxylic acids is 1. The number of ether oxygens (including phenoxy) is 1. The summed E-state index contributed by atoms with van der Waals surface area (Å²) in [5, 5.41) is 3.38. The molecule has 0 spiro atoms. The third kappa shape index (κ3) is 2.85. The van der Waals surface area contributed by atoms with Crippen LogP contribution in [0.2, 0.25) is 0 Å². The van der Waals surface area contributed by atoms with Gasteiger partial charge in [0.25, 0.3) is 5.91 Å². The fourth-order valence-corrected chi connectivity index (χ4v) is 1.73. The zero-order valence-electron chi connectivity index (χ0n) is 10.9. The van der Waals surface area contributed by atoms with E-state index >= 15 is 0 Å². The second-order valence-corrected chi connectivity index (χ2v) is 3.93. The van der Waals surface area contributed by atoms with Gasteiger partial charge in [-0.1, -0.05) is 0 Å². The Balaban J connectivity index is 2.28. The smallest absolute Gasteiger partial charge is 0.274 e. The fraction of sp³-hybridized carbons (Fsp3) is 0.231. The van der Waals surface area contributed by atoms with Crippen molar-refractivity contribution in [2.45, 2.75) is 6.92 Å². The Morgan fingerprint density at radius 2 is 2.26 bits per heavy atom. The van der Waals surface area contributed by atoms with Crippen molar-refractivity contribution in [2.75, 3.05) is 13.7 Å². The highest BCUT2D eigenvalue weighted by molar-refractivity contribution is 6.06. The van der Waals surface area contributed by atoms with Gasteiger partial charge in [0, 0.05) is 18.0 Å². The zero-order chi connectivity index (χ0) is 13.8. The van der Waals surface area contributed by atoms with E-state index in [0.717, 1.165) is 16.7 Å². The molecule has 100 valence electrons. The molecule has 0 radical (unpaired) electrons. The van der Waals surface area contributed by atoms with Crippen LogP contribution in [0.3, 0.4) is 0 Å². The van der Waals surface area contributed by atoms with Crippen molar-refractivity contribution in [3.05, 3.63) is 30.0 Å². The first kappa shape index (κ1) is 12.9. The minimum atomic E-state index is -0.322.